The summed E-state index contributed by atoms with van der Waals surface area (Å²) >= 11 is 10.2. The first-order valence-corrected chi connectivity index (χ1v) is 7.68. The van der Waals surface area contributed by atoms with Gasteiger partial charge in [-0.15, -0.1) is 11.3 Å². The van der Waals surface area contributed by atoms with E-state index in [9.17, 15) is 9.18 Å². The number of alkyl halides is 2. The number of nitrogens with one attached hydrogen (secondary N) is 1. The van der Waals surface area contributed by atoms with Gasteiger partial charge in [0.15, 0.2) is 5.13 Å². The van der Waals surface area contributed by atoms with Gasteiger partial charge in [-0.25, -0.2) is 9.37 Å². The zero-order valence-corrected chi connectivity index (χ0v) is 12.8. The minimum atomic E-state index is -0.621. The van der Waals surface area contributed by atoms with E-state index >= 15 is 0 Å². The van der Waals surface area contributed by atoms with Crippen molar-refractivity contribution in [3.63, 3.8) is 0 Å². The number of carbonyl (C=O) groups is 1. The molecule has 3 nitrogen and oxygen atoms in total. The molecule has 0 spiro atoms. The third-order valence-electron chi connectivity index (χ3n) is 2.36. The Morgan fingerprint density at radius 2 is 2.32 bits per heavy atom. The first-order valence-electron chi connectivity index (χ1n) is 5.30. The Balaban J connectivity index is 2.25. The maximum Gasteiger partial charge on any atom is 0.236 e. The van der Waals surface area contributed by atoms with E-state index in [0.29, 0.717) is 21.4 Å². The van der Waals surface area contributed by atoms with E-state index < -0.39 is 6.67 Å². The van der Waals surface area contributed by atoms with Crippen LogP contribution in [0, 0.1) is 0 Å². The average molecular weight is 364 g/mol. The van der Waals surface area contributed by atoms with E-state index in [-0.39, 0.29) is 11.2 Å². The number of benzene rings is 1. The molecule has 100 valence electrons. The van der Waals surface area contributed by atoms with Gasteiger partial charge in [0.1, 0.15) is 6.67 Å². The zero-order valence-electron chi connectivity index (χ0n) is 9.62. The van der Waals surface area contributed by atoms with Gasteiger partial charge in [-0.1, -0.05) is 33.6 Å². The summed E-state index contributed by atoms with van der Waals surface area (Å²) in [5, 5.41) is 5.57. The molecule has 0 aliphatic rings. The lowest BCUT2D eigenvalue weighted by molar-refractivity contribution is -0.113. The Kier molecular flexibility index (Phi) is 4.90. The summed E-state index contributed by atoms with van der Waals surface area (Å²) < 4.78 is 12.7. The second-order valence-corrected chi connectivity index (χ2v) is 5.49. The number of anilines is 1. The van der Waals surface area contributed by atoms with Crippen molar-refractivity contribution in [2.45, 2.75) is 6.67 Å². The summed E-state index contributed by atoms with van der Waals surface area (Å²) in [6.07, 6.45) is 0. The van der Waals surface area contributed by atoms with Crippen molar-refractivity contribution in [2.75, 3.05) is 10.6 Å². The smallest absolute Gasteiger partial charge is 0.236 e. The van der Waals surface area contributed by atoms with E-state index in [1.165, 1.54) is 11.3 Å². The monoisotopic (exact) mass is 362 g/mol. The molecule has 1 aromatic carbocycles. The minimum Gasteiger partial charge on any atom is -0.301 e. The average Bonchev–Trinajstić information content (AvgIpc) is 2.87. The topological polar surface area (TPSA) is 42.0 Å². The van der Waals surface area contributed by atoms with Gasteiger partial charge in [-0.05, 0) is 12.1 Å². The molecule has 1 aromatic heterocycles. The maximum absolute atomic E-state index is 12.7. The Morgan fingerprint density at radius 3 is 3.00 bits per heavy atom. The fourth-order valence-electron chi connectivity index (χ4n) is 1.45. The van der Waals surface area contributed by atoms with Crippen LogP contribution in [0.4, 0.5) is 9.52 Å². The van der Waals surface area contributed by atoms with Crippen LogP contribution in [0.25, 0.3) is 11.3 Å². The lowest BCUT2D eigenvalue weighted by Gasteiger charge is -2.02. The molecule has 0 saturated heterocycles. The molecule has 1 N–H and O–H groups in total. The molecule has 0 aliphatic carbocycles. The normalized spacial score (nSPS) is 10.5. The molecule has 2 aromatic rings. The van der Waals surface area contributed by atoms with E-state index in [1.807, 2.05) is 0 Å². The molecule has 0 saturated carbocycles. The van der Waals surface area contributed by atoms with Crippen LogP contribution in [-0.2, 0) is 11.5 Å². The number of rotatable bonds is 4. The molecule has 2 rings (SSSR count). The van der Waals surface area contributed by atoms with Crippen molar-refractivity contribution >= 4 is 49.9 Å². The highest BCUT2D eigenvalue weighted by Gasteiger charge is 2.09. The number of halogens is 3. The SMILES string of the molecule is O=C(CBr)Nc1nc(-c2ccc(Cl)c(CF)c2)cs1. The standard InChI is InChI=1S/C12H9BrClFN2OS/c13-4-11(18)17-12-16-10(6-19-12)7-1-2-9(14)8(3-7)5-15/h1-3,6H,4-5H2,(H,16,17,18). The summed E-state index contributed by atoms with van der Waals surface area (Å²) in [7, 11) is 0. The van der Waals surface area contributed by atoms with Crippen molar-refractivity contribution in [1.82, 2.24) is 4.98 Å². The van der Waals surface area contributed by atoms with Crippen LogP contribution in [0.15, 0.2) is 23.6 Å². The van der Waals surface area contributed by atoms with Crippen molar-refractivity contribution in [2.24, 2.45) is 0 Å². The Morgan fingerprint density at radius 1 is 1.53 bits per heavy atom. The summed E-state index contributed by atoms with van der Waals surface area (Å²) in [5.74, 6) is -0.165. The van der Waals surface area contributed by atoms with Crippen LogP contribution in [-0.4, -0.2) is 16.2 Å². The molecule has 7 heteroatoms. The summed E-state index contributed by atoms with van der Waals surface area (Å²) in [4.78, 5) is 15.5. The second kappa shape index (κ2) is 6.45. The van der Waals surface area contributed by atoms with Crippen LogP contribution in [0.3, 0.4) is 0 Å². The van der Waals surface area contributed by atoms with Crippen LogP contribution < -0.4 is 5.32 Å². The number of hydrogen-bond acceptors (Lipinski definition) is 3. The summed E-state index contributed by atoms with van der Waals surface area (Å²) in [5.41, 5.74) is 1.88. The minimum absolute atomic E-state index is 0.165. The Hall–Kier alpha value is -0.980. The maximum atomic E-state index is 12.7. The van der Waals surface area contributed by atoms with Crippen molar-refractivity contribution in [3.8, 4) is 11.3 Å². The Bertz CT molecular complexity index is 605. The summed E-state index contributed by atoms with van der Waals surface area (Å²) in [6.45, 7) is -0.621. The van der Waals surface area contributed by atoms with Gasteiger partial charge >= 0.3 is 0 Å². The molecular formula is C12H9BrClFN2OS. The largest absolute Gasteiger partial charge is 0.301 e. The number of hydrogen-bond donors (Lipinski definition) is 1. The van der Waals surface area contributed by atoms with E-state index in [0.717, 1.165) is 5.56 Å². The molecular weight excluding hydrogens is 355 g/mol. The van der Waals surface area contributed by atoms with Crippen molar-refractivity contribution in [3.05, 3.63) is 34.2 Å². The van der Waals surface area contributed by atoms with Crippen LogP contribution in [0.2, 0.25) is 5.02 Å². The van der Waals surface area contributed by atoms with Gasteiger partial charge in [0.25, 0.3) is 0 Å². The van der Waals surface area contributed by atoms with Crippen molar-refractivity contribution < 1.29 is 9.18 Å². The third kappa shape index (κ3) is 3.52. The molecule has 0 fully saturated rings. The van der Waals surface area contributed by atoms with Gasteiger partial charge < -0.3 is 5.32 Å². The van der Waals surface area contributed by atoms with Gasteiger partial charge in [-0.3, -0.25) is 4.79 Å². The van der Waals surface area contributed by atoms with Crippen LogP contribution in [0.1, 0.15) is 5.56 Å². The van der Waals surface area contributed by atoms with Gasteiger partial charge in [0.05, 0.1) is 11.0 Å². The molecule has 0 atom stereocenters. The molecule has 0 radical (unpaired) electrons. The van der Waals surface area contributed by atoms with Gasteiger partial charge in [0, 0.05) is 21.5 Å². The molecule has 0 bridgehead atoms. The predicted octanol–water partition coefficient (Wildman–Crippen LogP) is 4.27. The highest BCUT2D eigenvalue weighted by atomic mass is 79.9. The number of carbonyl (C=O) groups excluding carboxylic acids is 1. The van der Waals surface area contributed by atoms with Crippen LogP contribution in [0.5, 0.6) is 0 Å². The second-order valence-electron chi connectivity index (χ2n) is 3.66. The van der Waals surface area contributed by atoms with E-state index in [4.69, 9.17) is 11.6 Å². The highest BCUT2D eigenvalue weighted by Crippen LogP contribution is 2.28. The molecule has 1 heterocycles. The summed E-state index contributed by atoms with van der Waals surface area (Å²) in [6, 6.07) is 5.07. The lowest BCUT2D eigenvalue weighted by Crippen LogP contribution is -2.11. The van der Waals surface area contributed by atoms with Gasteiger partial charge in [0.2, 0.25) is 5.91 Å². The first kappa shape index (κ1) is 14.4. The highest BCUT2D eigenvalue weighted by molar-refractivity contribution is 9.09. The van der Waals surface area contributed by atoms with E-state index in [1.54, 1.807) is 23.6 Å². The fourth-order valence-corrected chi connectivity index (χ4v) is 2.50. The molecule has 0 aliphatic heterocycles. The van der Waals surface area contributed by atoms with Crippen LogP contribution >= 0.6 is 38.9 Å². The van der Waals surface area contributed by atoms with E-state index in [2.05, 4.69) is 26.2 Å². The Labute approximate surface area is 126 Å². The lowest BCUT2D eigenvalue weighted by atomic mass is 10.1. The predicted molar refractivity (Wildman–Crippen MR) is 79.8 cm³/mol. The zero-order chi connectivity index (χ0) is 13.8. The number of nitrogens with zero attached hydrogens (tertiary/aromatic N) is 1. The molecule has 1 amide bonds. The first-order chi connectivity index (χ1) is 9.13. The number of amides is 1. The molecule has 0 unspecified atom stereocenters. The quantitative estimate of drug-likeness (QED) is 0.824. The van der Waals surface area contributed by atoms with Gasteiger partial charge in [-0.2, -0.15) is 0 Å². The fraction of sp³-hybridized carbons (Fsp3) is 0.167. The number of thiazole rings is 1. The number of aromatic nitrogens is 1. The van der Waals surface area contributed by atoms with Crippen molar-refractivity contribution in [1.29, 1.82) is 0 Å². The molecule has 19 heavy (non-hydrogen) atoms. The third-order valence-corrected chi connectivity index (χ3v) is 3.99.